The first kappa shape index (κ1) is 12.1. The third-order valence-corrected chi connectivity index (χ3v) is 3.23. The van der Waals surface area contributed by atoms with E-state index in [0.717, 1.165) is 31.5 Å². The fourth-order valence-corrected chi connectivity index (χ4v) is 2.16. The fourth-order valence-electron chi connectivity index (χ4n) is 2.16. The lowest BCUT2D eigenvalue weighted by Gasteiger charge is -2.21. The maximum absolute atomic E-state index is 11.8. The number of hydrogen-bond donors (Lipinski definition) is 1. The summed E-state index contributed by atoms with van der Waals surface area (Å²) in [6.45, 7) is 3.98. The number of esters is 1. The molecule has 1 aromatic rings. The first-order valence-electron chi connectivity index (χ1n) is 6.23. The van der Waals surface area contributed by atoms with Gasteiger partial charge in [-0.25, -0.2) is 0 Å². The van der Waals surface area contributed by atoms with Crippen LogP contribution in [-0.2, 0) is 4.79 Å². The molecule has 0 aliphatic carbocycles. The summed E-state index contributed by atoms with van der Waals surface area (Å²) in [6.07, 6.45) is 2.68. The number of carbonyl (C=O) groups is 1. The third-order valence-electron chi connectivity index (χ3n) is 3.23. The van der Waals surface area contributed by atoms with Crippen LogP contribution in [0, 0.1) is 12.8 Å². The molecule has 3 heteroatoms. The van der Waals surface area contributed by atoms with E-state index >= 15 is 0 Å². The topological polar surface area (TPSA) is 38.3 Å². The molecule has 1 aromatic carbocycles. The number of para-hydroxylation sites is 1. The largest absolute Gasteiger partial charge is 0.426 e. The van der Waals surface area contributed by atoms with E-state index in [4.69, 9.17) is 4.74 Å². The lowest BCUT2D eigenvalue weighted by molar-refractivity contribution is -0.135. The van der Waals surface area contributed by atoms with Gasteiger partial charge in [-0.05, 0) is 50.4 Å². The minimum Gasteiger partial charge on any atom is -0.426 e. The van der Waals surface area contributed by atoms with Crippen molar-refractivity contribution in [1.82, 2.24) is 5.32 Å². The van der Waals surface area contributed by atoms with Gasteiger partial charge in [-0.3, -0.25) is 4.79 Å². The zero-order valence-electron chi connectivity index (χ0n) is 10.2. The van der Waals surface area contributed by atoms with Crippen LogP contribution in [0.15, 0.2) is 24.3 Å². The molecule has 1 fully saturated rings. The zero-order chi connectivity index (χ0) is 12.1. The van der Waals surface area contributed by atoms with Crippen LogP contribution in [0.25, 0.3) is 0 Å². The van der Waals surface area contributed by atoms with E-state index in [2.05, 4.69) is 5.32 Å². The van der Waals surface area contributed by atoms with Gasteiger partial charge in [0.2, 0.25) is 0 Å². The number of benzene rings is 1. The van der Waals surface area contributed by atoms with E-state index in [-0.39, 0.29) is 5.97 Å². The molecule has 1 saturated heterocycles. The van der Waals surface area contributed by atoms with Crippen LogP contribution < -0.4 is 10.1 Å². The molecule has 1 N–H and O–H groups in total. The van der Waals surface area contributed by atoms with Crippen molar-refractivity contribution in [3.63, 3.8) is 0 Å². The number of aryl methyl sites for hydroxylation is 1. The fraction of sp³-hybridized carbons (Fsp3) is 0.500. The van der Waals surface area contributed by atoms with E-state index in [0.29, 0.717) is 18.1 Å². The predicted octanol–water partition coefficient (Wildman–Crippen LogP) is 2.29. The Labute approximate surface area is 102 Å². The van der Waals surface area contributed by atoms with Crippen molar-refractivity contribution in [3.05, 3.63) is 29.8 Å². The maximum Gasteiger partial charge on any atom is 0.311 e. The van der Waals surface area contributed by atoms with Crippen LogP contribution >= 0.6 is 0 Å². The van der Waals surface area contributed by atoms with Crippen molar-refractivity contribution in [2.24, 2.45) is 5.92 Å². The van der Waals surface area contributed by atoms with Crippen molar-refractivity contribution in [2.45, 2.75) is 26.2 Å². The molecular weight excluding hydrogens is 214 g/mol. The Bertz CT molecular complexity index is 384. The zero-order valence-corrected chi connectivity index (χ0v) is 10.2. The van der Waals surface area contributed by atoms with E-state index in [1.807, 2.05) is 31.2 Å². The molecule has 1 aliphatic heterocycles. The van der Waals surface area contributed by atoms with Gasteiger partial charge in [0.25, 0.3) is 0 Å². The monoisotopic (exact) mass is 233 g/mol. The highest BCUT2D eigenvalue weighted by atomic mass is 16.5. The summed E-state index contributed by atoms with van der Waals surface area (Å²) in [5.41, 5.74) is 1.01. The number of piperidine rings is 1. The van der Waals surface area contributed by atoms with Crippen molar-refractivity contribution in [1.29, 1.82) is 0 Å². The molecule has 0 unspecified atom stereocenters. The van der Waals surface area contributed by atoms with Crippen molar-refractivity contribution < 1.29 is 9.53 Å². The van der Waals surface area contributed by atoms with E-state index in [9.17, 15) is 4.79 Å². The van der Waals surface area contributed by atoms with Gasteiger partial charge in [-0.15, -0.1) is 0 Å². The molecule has 0 radical (unpaired) electrons. The Morgan fingerprint density at radius 3 is 2.76 bits per heavy atom. The first-order chi connectivity index (χ1) is 8.25. The summed E-state index contributed by atoms with van der Waals surface area (Å²) in [4.78, 5) is 11.8. The second-order valence-corrected chi connectivity index (χ2v) is 4.64. The molecular formula is C14H19NO2. The average Bonchev–Trinajstić information content (AvgIpc) is 2.33. The van der Waals surface area contributed by atoms with E-state index < -0.39 is 0 Å². The summed E-state index contributed by atoms with van der Waals surface area (Å²) in [5.74, 6) is 1.06. The van der Waals surface area contributed by atoms with Gasteiger partial charge in [-0.1, -0.05) is 18.2 Å². The summed E-state index contributed by atoms with van der Waals surface area (Å²) in [7, 11) is 0. The second-order valence-electron chi connectivity index (χ2n) is 4.64. The smallest absolute Gasteiger partial charge is 0.311 e. The van der Waals surface area contributed by atoms with Crippen LogP contribution in [0.3, 0.4) is 0 Å². The quantitative estimate of drug-likeness (QED) is 0.643. The number of hydrogen-bond acceptors (Lipinski definition) is 3. The number of ether oxygens (including phenoxy) is 1. The summed E-state index contributed by atoms with van der Waals surface area (Å²) >= 11 is 0. The van der Waals surface area contributed by atoms with Crippen molar-refractivity contribution >= 4 is 5.97 Å². The minimum atomic E-state index is -0.105. The summed E-state index contributed by atoms with van der Waals surface area (Å²) in [5, 5.41) is 3.29. The third kappa shape index (κ3) is 3.56. The molecule has 0 bridgehead atoms. The van der Waals surface area contributed by atoms with E-state index in [1.54, 1.807) is 0 Å². The van der Waals surface area contributed by atoms with Gasteiger partial charge in [-0.2, -0.15) is 0 Å². The van der Waals surface area contributed by atoms with Gasteiger partial charge in [0.05, 0.1) is 0 Å². The molecule has 2 rings (SSSR count). The lowest BCUT2D eigenvalue weighted by atomic mass is 9.95. The number of nitrogens with one attached hydrogen (secondary N) is 1. The molecule has 92 valence electrons. The highest BCUT2D eigenvalue weighted by Crippen LogP contribution is 2.20. The summed E-state index contributed by atoms with van der Waals surface area (Å²) < 4.78 is 5.39. The highest BCUT2D eigenvalue weighted by molar-refractivity contribution is 5.73. The van der Waals surface area contributed by atoms with Crippen LogP contribution in [0.5, 0.6) is 5.75 Å². The predicted molar refractivity (Wildman–Crippen MR) is 67.0 cm³/mol. The molecule has 3 nitrogen and oxygen atoms in total. The van der Waals surface area contributed by atoms with Crippen LogP contribution in [-0.4, -0.2) is 19.1 Å². The Kier molecular flexibility index (Phi) is 4.15. The standard InChI is InChI=1S/C14H19NO2/c1-11-4-2-3-5-13(11)17-14(16)10-12-6-8-15-9-7-12/h2-5,12,15H,6-10H2,1H3. The van der Waals surface area contributed by atoms with E-state index in [1.165, 1.54) is 0 Å². The molecule has 0 saturated carbocycles. The number of carbonyl (C=O) groups excluding carboxylic acids is 1. The molecule has 1 heterocycles. The van der Waals surface area contributed by atoms with Gasteiger partial charge in [0.1, 0.15) is 5.75 Å². The molecule has 0 atom stereocenters. The van der Waals surface area contributed by atoms with Crippen LogP contribution in [0.1, 0.15) is 24.8 Å². The van der Waals surface area contributed by atoms with Gasteiger partial charge in [0.15, 0.2) is 0 Å². The van der Waals surface area contributed by atoms with Gasteiger partial charge in [0, 0.05) is 6.42 Å². The Hall–Kier alpha value is -1.35. The Morgan fingerprint density at radius 1 is 1.35 bits per heavy atom. The normalized spacial score (nSPS) is 16.8. The molecule has 0 spiro atoms. The molecule has 0 amide bonds. The van der Waals surface area contributed by atoms with Gasteiger partial charge >= 0.3 is 5.97 Å². The van der Waals surface area contributed by atoms with Gasteiger partial charge < -0.3 is 10.1 Å². The molecule has 0 aromatic heterocycles. The number of rotatable bonds is 3. The Balaban J connectivity index is 1.86. The van der Waals surface area contributed by atoms with Crippen LogP contribution in [0.2, 0.25) is 0 Å². The SMILES string of the molecule is Cc1ccccc1OC(=O)CC1CCNCC1. The molecule has 1 aliphatic rings. The lowest BCUT2D eigenvalue weighted by Crippen LogP contribution is -2.29. The second kappa shape index (κ2) is 5.82. The minimum absolute atomic E-state index is 0.105. The first-order valence-corrected chi connectivity index (χ1v) is 6.23. The van der Waals surface area contributed by atoms with Crippen molar-refractivity contribution in [2.75, 3.05) is 13.1 Å². The Morgan fingerprint density at radius 2 is 2.06 bits per heavy atom. The van der Waals surface area contributed by atoms with Crippen molar-refractivity contribution in [3.8, 4) is 5.75 Å². The maximum atomic E-state index is 11.8. The molecule has 17 heavy (non-hydrogen) atoms. The average molecular weight is 233 g/mol. The summed E-state index contributed by atoms with van der Waals surface area (Å²) in [6, 6.07) is 7.63. The highest BCUT2D eigenvalue weighted by Gasteiger charge is 2.18. The van der Waals surface area contributed by atoms with Crippen LogP contribution in [0.4, 0.5) is 0 Å².